The summed E-state index contributed by atoms with van der Waals surface area (Å²) < 4.78 is 9.33. The van der Waals surface area contributed by atoms with Gasteiger partial charge in [0.25, 0.3) is 0 Å². The molecule has 0 aromatic rings. The van der Waals surface area contributed by atoms with Crippen molar-refractivity contribution in [3.05, 3.63) is 6.61 Å². The molecule has 3 nitrogen and oxygen atoms in total. The second kappa shape index (κ2) is 6.95. The molecule has 0 saturated heterocycles. The fourth-order valence-electron chi connectivity index (χ4n) is 0.841. The molecular formula is C9H17O3. The molecule has 12 heavy (non-hydrogen) atoms. The molecule has 3 heteroatoms. The molecule has 71 valence electrons. The number of hydrogen-bond acceptors (Lipinski definition) is 3. The van der Waals surface area contributed by atoms with E-state index >= 15 is 0 Å². The van der Waals surface area contributed by atoms with Gasteiger partial charge >= 0.3 is 6.16 Å². The molecule has 0 spiro atoms. The van der Waals surface area contributed by atoms with Crippen molar-refractivity contribution in [1.82, 2.24) is 0 Å². The molecule has 0 atom stereocenters. The third-order valence-corrected chi connectivity index (χ3v) is 1.81. The van der Waals surface area contributed by atoms with Crippen LogP contribution in [0, 0.1) is 12.5 Å². The van der Waals surface area contributed by atoms with E-state index in [9.17, 15) is 4.79 Å². The predicted molar refractivity (Wildman–Crippen MR) is 46.5 cm³/mol. The average Bonchev–Trinajstić information content (AvgIpc) is 2.07. The third-order valence-electron chi connectivity index (χ3n) is 1.81. The molecular weight excluding hydrogens is 156 g/mol. The SMILES string of the molecule is C[CH]OC(=O)OCC(CC)CC. The third kappa shape index (κ3) is 4.99. The largest absolute Gasteiger partial charge is 0.508 e. The highest BCUT2D eigenvalue weighted by molar-refractivity contribution is 5.60. The van der Waals surface area contributed by atoms with Crippen LogP contribution >= 0.6 is 0 Å². The Morgan fingerprint density at radius 2 is 2.00 bits per heavy atom. The summed E-state index contributed by atoms with van der Waals surface area (Å²) in [5, 5.41) is 0. The summed E-state index contributed by atoms with van der Waals surface area (Å²) in [6.07, 6.45) is 1.45. The van der Waals surface area contributed by atoms with Crippen LogP contribution in [0.25, 0.3) is 0 Å². The van der Waals surface area contributed by atoms with Crippen molar-refractivity contribution in [3.8, 4) is 0 Å². The van der Waals surface area contributed by atoms with Gasteiger partial charge in [0.2, 0.25) is 0 Å². The van der Waals surface area contributed by atoms with E-state index in [1.807, 2.05) is 0 Å². The van der Waals surface area contributed by atoms with Gasteiger partial charge in [-0.05, 0) is 12.8 Å². The molecule has 0 aliphatic rings. The zero-order valence-corrected chi connectivity index (χ0v) is 8.00. The minimum Gasteiger partial charge on any atom is -0.434 e. The molecule has 0 aliphatic heterocycles. The molecule has 0 bridgehead atoms. The first-order valence-electron chi connectivity index (χ1n) is 4.35. The van der Waals surface area contributed by atoms with Crippen LogP contribution in [0.3, 0.4) is 0 Å². The number of ether oxygens (including phenoxy) is 2. The van der Waals surface area contributed by atoms with Crippen molar-refractivity contribution in [3.63, 3.8) is 0 Å². The van der Waals surface area contributed by atoms with Crippen molar-refractivity contribution in [2.24, 2.45) is 5.92 Å². The van der Waals surface area contributed by atoms with Crippen LogP contribution in [-0.2, 0) is 9.47 Å². The Morgan fingerprint density at radius 3 is 2.42 bits per heavy atom. The first-order valence-corrected chi connectivity index (χ1v) is 4.35. The summed E-state index contributed by atoms with van der Waals surface area (Å²) in [4.78, 5) is 10.7. The maximum Gasteiger partial charge on any atom is 0.508 e. The highest BCUT2D eigenvalue weighted by Gasteiger charge is 2.07. The van der Waals surface area contributed by atoms with Gasteiger partial charge in [0.05, 0.1) is 6.61 Å². The van der Waals surface area contributed by atoms with E-state index in [1.165, 1.54) is 6.61 Å². The summed E-state index contributed by atoms with van der Waals surface area (Å²) in [6.45, 7) is 7.57. The number of carbonyl (C=O) groups is 1. The normalized spacial score (nSPS) is 10.0. The Balaban J connectivity index is 3.44. The Hall–Kier alpha value is -0.730. The Kier molecular flexibility index (Phi) is 6.53. The van der Waals surface area contributed by atoms with Gasteiger partial charge in [0, 0.05) is 0 Å². The summed E-state index contributed by atoms with van der Waals surface area (Å²) in [5.74, 6) is 0.453. The van der Waals surface area contributed by atoms with E-state index in [1.54, 1.807) is 6.92 Å². The molecule has 0 N–H and O–H groups in total. The number of hydrogen-bond donors (Lipinski definition) is 0. The average molecular weight is 173 g/mol. The van der Waals surface area contributed by atoms with E-state index in [4.69, 9.17) is 4.74 Å². The van der Waals surface area contributed by atoms with E-state index in [0.717, 1.165) is 12.8 Å². The quantitative estimate of drug-likeness (QED) is 0.600. The second-order valence-corrected chi connectivity index (χ2v) is 2.60. The molecule has 0 rings (SSSR count). The zero-order chi connectivity index (χ0) is 9.40. The highest BCUT2D eigenvalue weighted by atomic mass is 16.7. The standard InChI is InChI=1S/C9H17O3/c1-4-8(5-2)7-12-9(10)11-6-3/h6,8H,4-5,7H2,1-3H3. The van der Waals surface area contributed by atoms with E-state index in [0.29, 0.717) is 12.5 Å². The fraction of sp³-hybridized carbons (Fsp3) is 0.778. The summed E-state index contributed by atoms with van der Waals surface area (Å²) in [6, 6.07) is 0. The topological polar surface area (TPSA) is 35.5 Å². The lowest BCUT2D eigenvalue weighted by Crippen LogP contribution is -2.13. The maximum atomic E-state index is 10.7. The van der Waals surface area contributed by atoms with Crippen LogP contribution in [-0.4, -0.2) is 12.8 Å². The van der Waals surface area contributed by atoms with Gasteiger partial charge in [-0.25, -0.2) is 4.79 Å². The van der Waals surface area contributed by atoms with Crippen molar-refractivity contribution in [2.75, 3.05) is 6.61 Å². The number of rotatable bonds is 5. The van der Waals surface area contributed by atoms with Crippen LogP contribution < -0.4 is 0 Å². The Bertz CT molecular complexity index is 119. The molecule has 0 unspecified atom stereocenters. The lowest BCUT2D eigenvalue weighted by atomic mass is 10.1. The molecule has 0 amide bonds. The summed E-state index contributed by atoms with van der Waals surface area (Å²) in [7, 11) is 0. The van der Waals surface area contributed by atoms with Gasteiger partial charge in [-0.1, -0.05) is 26.7 Å². The van der Waals surface area contributed by atoms with Crippen LogP contribution in [0.2, 0.25) is 0 Å². The fourth-order valence-corrected chi connectivity index (χ4v) is 0.841. The minimum atomic E-state index is -0.607. The second-order valence-electron chi connectivity index (χ2n) is 2.60. The van der Waals surface area contributed by atoms with E-state index in [2.05, 4.69) is 18.6 Å². The molecule has 0 aromatic heterocycles. The van der Waals surface area contributed by atoms with E-state index in [-0.39, 0.29) is 0 Å². The summed E-state index contributed by atoms with van der Waals surface area (Å²) >= 11 is 0. The van der Waals surface area contributed by atoms with Gasteiger partial charge in [-0.3, -0.25) is 0 Å². The van der Waals surface area contributed by atoms with Crippen LogP contribution in [0.15, 0.2) is 0 Å². The predicted octanol–water partition coefficient (Wildman–Crippen LogP) is 2.76. The van der Waals surface area contributed by atoms with Crippen molar-refractivity contribution in [2.45, 2.75) is 33.6 Å². The molecule has 0 heterocycles. The molecule has 0 fully saturated rings. The van der Waals surface area contributed by atoms with Crippen LogP contribution in [0.4, 0.5) is 4.79 Å². The minimum absolute atomic E-state index is 0.453. The molecule has 1 radical (unpaired) electrons. The molecule has 0 aromatic carbocycles. The summed E-state index contributed by atoms with van der Waals surface area (Å²) in [5.41, 5.74) is 0. The highest BCUT2D eigenvalue weighted by Crippen LogP contribution is 2.07. The van der Waals surface area contributed by atoms with Gasteiger partial charge in [0.1, 0.15) is 6.61 Å². The van der Waals surface area contributed by atoms with Crippen LogP contribution in [0.5, 0.6) is 0 Å². The van der Waals surface area contributed by atoms with Crippen molar-refractivity contribution < 1.29 is 14.3 Å². The zero-order valence-electron chi connectivity index (χ0n) is 8.00. The van der Waals surface area contributed by atoms with Crippen molar-refractivity contribution >= 4 is 6.16 Å². The van der Waals surface area contributed by atoms with E-state index < -0.39 is 6.16 Å². The van der Waals surface area contributed by atoms with Gasteiger partial charge < -0.3 is 9.47 Å². The maximum absolute atomic E-state index is 10.7. The lowest BCUT2D eigenvalue weighted by Gasteiger charge is -2.11. The Labute approximate surface area is 74.0 Å². The smallest absolute Gasteiger partial charge is 0.434 e. The molecule has 0 aliphatic carbocycles. The monoisotopic (exact) mass is 173 g/mol. The van der Waals surface area contributed by atoms with Crippen molar-refractivity contribution in [1.29, 1.82) is 0 Å². The first-order chi connectivity index (χ1) is 5.74. The van der Waals surface area contributed by atoms with Gasteiger partial charge in [-0.2, -0.15) is 0 Å². The Morgan fingerprint density at radius 1 is 1.42 bits per heavy atom. The number of carbonyl (C=O) groups excluding carboxylic acids is 1. The van der Waals surface area contributed by atoms with Crippen LogP contribution in [0.1, 0.15) is 33.6 Å². The van der Waals surface area contributed by atoms with Gasteiger partial charge in [-0.15, -0.1) is 0 Å². The van der Waals surface area contributed by atoms with Gasteiger partial charge in [0.15, 0.2) is 0 Å². The lowest BCUT2D eigenvalue weighted by molar-refractivity contribution is 0.0608. The molecule has 0 saturated carbocycles. The first kappa shape index (κ1) is 11.3.